The number of hydrogen-bond acceptors (Lipinski definition) is 14. The molecule has 0 fully saturated rings. The van der Waals surface area contributed by atoms with Gasteiger partial charge in [-0.1, -0.05) is 122 Å². The molecule has 7 N–H and O–H groups in total. The van der Waals surface area contributed by atoms with Gasteiger partial charge in [0.25, 0.3) is 17.4 Å². The van der Waals surface area contributed by atoms with Crippen LogP contribution in [0.1, 0.15) is 77.2 Å². The second-order valence-corrected chi connectivity index (χ2v) is 20.7. The van der Waals surface area contributed by atoms with E-state index in [1.54, 1.807) is 44.5 Å². The molecule has 0 aliphatic heterocycles. The number of nitrogens with zero attached hydrogens (tertiary/aromatic N) is 3. The number of amides is 2. The Bertz CT molecular complexity index is 3440. The van der Waals surface area contributed by atoms with Gasteiger partial charge in [0.15, 0.2) is 30.8 Å². The van der Waals surface area contributed by atoms with E-state index in [0.29, 0.717) is 27.9 Å². The lowest BCUT2D eigenvalue weighted by Crippen LogP contribution is -2.43. The zero-order valence-electron chi connectivity index (χ0n) is 48.2. The molecule has 0 saturated carbocycles. The topological polar surface area (TPSA) is 266 Å². The molecule has 0 spiro atoms. The third kappa shape index (κ3) is 22.2. The van der Waals surface area contributed by atoms with Gasteiger partial charge < -0.3 is 50.0 Å². The number of aromatic amines is 1. The largest absolute Gasteiger partial charge is 0.497 e. The Kier molecular flexibility index (Phi) is 26.6. The van der Waals surface area contributed by atoms with E-state index < -0.39 is 97.8 Å². The lowest BCUT2D eigenvalue weighted by atomic mass is 9.97. The van der Waals surface area contributed by atoms with E-state index >= 15 is 0 Å². The van der Waals surface area contributed by atoms with Crippen LogP contribution in [-0.2, 0) is 52.6 Å². The molecule has 6 atom stereocenters. The number of carbonyl (C=O) groups is 4. The number of hydrogen-bond donors (Lipinski definition) is 7. The van der Waals surface area contributed by atoms with Gasteiger partial charge >= 0.3 is 24.3 Å². The second-order valence-electron chi connectivity index (χ2n) is 19.8. The Morgan fingerprint density at radius 3 is 1.57 bits per heavy atom. The maximum absolute atomic E-state index is 13.2. The number of aliphatic hydroxyl groups excluding tert-OH is 4. The van der Waals surface area contributed by atoms with E-state index in [1.165, 1.54) is 31.6 Å². The summed E-state index contributed by atoms with van der Waals surface area (Å²) in [7, 11) is 4.68. The molecule has 0 aliphatic carbocycles. The smallest absolute Gasteiger partial charge is 0.425 e. The van der Waals surface area contributed by atoms with Crippen LogP contribution >= 0.6 is 23.2 Å². The van der Waals surface area contributed by atoms with E-state index in [1.807, 2.05) is 91.0 Å². The minimum Gasteiger partial charge on any atom is -0.497 e. The third-order valence-corrected chi connectivity index (χ3v) is 13.6. The number of aromatic nitrogens is 4. The van der Waals surface area contributed by atoms with Crippen molar-refractivity contribution < 1.29 is 84.9 Å². The van der Waals surface area contributed by atoms with Gasteiger partial charge in [0.05, 0.1) is 7.11 Å². The van der Waals surface area contributed by atoms with E-state index in [4.69, 9.17) is 42.9 Å². The number of alkyl halides is 6. The highest BCUT2D eigenvalue weighted by atomic mass is 35.5. The molecule has 474 valence electrons. The van der Waals surface area contributed by atoms with Gasteiger partial charge in [0, 0.05) is 61.2 Å². The van der Waals surface area contributed by atoms with Gasteiger partial charge in [-0.3, -0.25) is 24.2 Å². The lowest BCUT2D eigenvalue weighted by Gasteiger charge is -2.24. The number of H-pyrrole nitrogens is 1. The summed E-state index contributed by atoms with van der Waals surface area (Å²) < 4.78 is 95.2. The van der Waals surface area contributed by atoms with Crippen molar-refractivity contribution in [3.63, 3.8) is 0 Å². The van der Waals surface area contributed by atoms with Gasteiger partial charge in [-0.2, -0.15) is 31.4 Å². The number of benzene rings is 5. The van der Waals surface area contributed by atoms with Gasteiger partial charge in [0.2, 0.25) is 5.88 Å². The molecular formula is C61H66Cl2F6N6O13. The summed E-state index contributed by atoms with van der Waals surface area (Å²) in [4.78, 5) is 61.9. The quantitative estimate of drug-likeness (QED) is 0.0169. The number of aliphatic hydroxyl groups is 4. The Morgan fingerprint density at radius 2 is 1.15 bits per heavy atom. The van der Waals surface area contributed by atoms with E-state index in [0.717, 1.165) is 49.9 Å². The highest BCUT2D eigenvalue weighted by Gasteiger charge is 2.42. The minimum atomic E-state index is -4.78. The van der Waals surface area contributed by atoms with Crippen molar-refractivity contribution in [1.82, 2.24) is 30.2 Å². The maximum atomic E-state index is 13.2. The van der Waals surface area contributed by atoms with Gasteiger partial charge in [-0.05, 0) is 101 Å². The van der Waals surface area contributed by atoms with Crippen LogP contribution in [0.5, 0.6) is 11.6 Å². The molecule has 7 aromatic rings. The number of ether oxygens (including phenoxy) is 4. The minimum absolute atomic E-state index is 0.0565. The Balaban J connectivity index is 0.000000286. The van der Waals surface area contributed by atoms with Gasteiger partial charge in [-0.15, -0.1) is 0 Å². The summed E-state index contributed by atoms with van der Waals surface area (Å²) in [5, 5.41) is 51.2. The van der Waals surface area contributed by atoms with Crippen LogP contribution in [-0.4, -0.2) is 126 Å². The summed E-state index contributed by atoms with van der Waals surface area (Å²) in [6.45, 7) is 1.88. The molecule has 27 heteroatoms. The van der Waals surface area contributed by atoms with Crippen LogP contribution in [0, 0.1) is 0 Å². The molecule has 7 rings (SSSR count). The Morgan fingerprint density at radius 1 is 0.648 bits per heavy atom. The molecule has 88 heavy (non-hydrogen) atoms. The normalized spacial score (nSPS) is 13.4. The zero-order valence-corrected chi connectivity index (χ0v) is 49.7. The highest BCUT2D eigenvalue weighted by Crippen LogP contribution is 2.28. The fourth-order valence-corrected chi connectivity index (χ4v) is 8.76. The number of halogens is 8. The summed E-state index contributed by atoms with van der Waals surface area (Å²) in [5.41, 5.74) is 5.76. The second kappa shape index (κ2) is 33.2. The van der Waals surface area contributed by atoms with Crippen LogP contribution in [0.3, 0.4) is 0 Å². The first kappa shape index (κ1) is 70.6. The number of carbonyl (C=O) groups excluding carboxylic acids is 4. The summed E-state index contributed by atoms with van der Waals surface area (Å²) in [6.07, 6.45) is -18.1. The van der Waals surface area contributed by atoms with Crippen LogP contribution < -0.4 is 25.7 Å². The molecule has 2 aromatic heterocycles. The first-order valence-electron chi connectivity index (χ1n) is 27.1. The summed E-state index contributed by atoms with van der Waals surface area (Å²) >= 11 is 12.2. The third-order valence-electron chi connectivity index (χ3n) is 13.1. The van der Waals surface area contributed by atoms with E-state index in [-0.39, 0.29) is 37.3 Å². The number of aryl methyl sites for hydroxylation is 2. The van der Waals surface area contributed by atoms with Crippen LogP contribution in [0.4, 0.5) is 26.3 Å². The fourth-order valence-electron chi connectivity index (χ4n) is 8.38. The molecule has 0 bridgehead atoms. The van der Waals surface area contributed by atoms with Crippen molar-refractivity contribution in [3.05, 3.63) is 182 Å². The SMILES string of the molecule is CCC(O)C(F)(F)F.CCC(OC(=O)[C@H](O)C[C@@H](Cc1ccc(-c2cccc(Cl)c2)cc1)NC(=O)c1cc(=O)n(C)[nH]1)C(F)(F)F.COc1ccc(COc2cc(C(=O)N[C@H](Cc3ccc(-c4cccc(Cl)c4)cc3)C[C@@H](O)C(=O)OCO)nn2C)cc1. The fraction of sp³-hybridized carbons (Fsp3) is 0.344. The van der Waals surface area contributed by atoms with Crippen molar-refractivity contribution in [2.24, 2.45) is 14.1 Å². The van der Waals surface area contributed by atoms with Crippen LogP contribution in [0.25, 0.3) is 22.3 Å². The number of nitrogens with one attached hydrogen (secondary N) is 3. The number of esters is 2. The molecule has 2 unspecified atom stereocenters. The van der Waals surface area contributed by atoms with Gasteiger partial charge in [-0.25, -0.2) is 14.3 Å². The predicted octanol–water partition coefficient (Wildman–Crippen LogP) is 9.24. The van der Waals surface area contributed by atoms with Crippen LogP contribution in [0.15, 0.2) is 138 Å². The van der Waals surface area contributed by atoms with Crippen molar-refractivity contribution >= 4 is 47.0 Å². The molecule has 2 amide bonds. The zero-order chi connectivity index (χ0) is 64.9. The highest BCUT2D eigenvalue weighted by molar-refractivity contribution is 6.31. The monoisotopic (exact) mass is 1270 g/mol. The van der Waals surface area contributed by atoms with Crippen LogP contribution in [0.2, 0.25) is 10.0 Å². The molecule has 0 saturated heterocycles. The van der Waals surface area contributed by atoms with Crippen molar-refractivity contribution in [1.29, 1.82) is 0 Å². The molecule has 19 nitrogen and oxygen atoms in total. The molecular weight excluding hydrogens is 1210 g/mol. The Hall–Kier alpha value is -8.20. The average Bonchev–Trinajstić information content (AvgIpc) is 2.48. The summed E-state index contributed by atoms with van der Waals surface area (Å²) in [5.74, 6) is -2.51. The number of rotatable bonds is 24. The predicted molar refractivity (Wildman–Crippen MR) is 313 cm³/mol. The first-order chi connectivity index (χ1) is 41.6. The van der Waals surface area contributed by atoms with E-state index in [2.05, 4.69) is 30.3 Å². The molecule has 2 heterocycles. The molecule has 0 radical (unpaired) electrons. The number of methoxy groups -OCH3 is 1. The first-order valence-corrected chi connectivity index (χ1v) is 27.9. The van der Waals surface area contributed by atoms with Gasteiger partial charge in [0.1, 0.15) is 24.2 Å². The van der Waals surface area contributed by atoms with Crippen molar-refractivity contribution in [2.75, 3.05) is 13.9 Å². The van der Waals surface area contributed by atoms with Crippen molar-refractivity contribution in [3.8, 4) is 33.9 Å². The van der Waals surface area contributed by atoms with Crippen molar-refractivity contribution in [2.45, 2.75) is 108 Å². The molecule has 5 aromatic carbocycles. The Labute approximate surface area is 511 Å². The lowest BCUT2D eigenvalue weighted by molar-refractivity contribution is -0.225. The summed E-state index contributed by atoms with van der Waals surface area (Å²) in [6, 6.07) is 38.1. The van der Waals surface area contributed by atoms with E-state index in [9.17, 15) is 60.5 Å². The average molecular weight is 1280 g/mol. The standard InChI is InChI=1S/C31H32ClN3O7.C26H27ClF3N3O5.C4H7F3O/c1-35-29(41-18-21-8-12-26(40-2)13-9-21)17-27(34-35)30(38)33-25(16-28(37)31(39)42-19-36)14-20-6-10-22(11-7-20)23-4-3-5-24(32)15-23;1-3-22(26(28,29)30)38-25(37)21(34)13-19(31-24(36)20-14-23(35)33(2)32-20)11-15-7-9-16(10-8-15)17-5-4-6-18(27)12-17;1-2-3(8)4(5,6)7/h3-13,15,17,25,28,36-37H,14,16,18-19H2,1-2H3,(H,33,38);4-10,12,14,19,21-22,32,34H,3,11,13H2,1-2H3,(H,31,36);3,8H,2H2,1H3/t25-,28-;19-,21-,22?;/m11./s1. The maximum Gasteiger partial charge on any atom is 0.425 e. The molecule has 0 aliphatic rings.